The Bertz CT molecular complexity index is 905. The predicted octanol–water partition coefficient (Wildman–Crippen LogP) is 2.33. The van der Waals surface area contributed by atoms with Crippen molar-refractivity contribution in [3.05, 3.63) is 46.8 Å². The van der Waals surface area contributed by atoms with Crippen LogP contribution in [-0.4, -0.2) is 48.5 Å². The normalized spacial score (nSPS) is 16.2. The van der Waals surface area contributed by atoms with Crippen molar-refractivity contribution < 1.29 is 9.53 Å². The Morgan fingerprint density at radius 2 is 2.13 bits per heavy atom. The number of amides is 1. The summed E-state index contributed by atoms with van der Waals surface area (Å²) in [6.07, 6.45) is 0.466. The molecule has 8 heteroatoms. The predicted molar refractivity (Wildman–Crippen MR) is 119 cm³/mol. The number of methoxy groups -OCH3 is 1. The number of carbonyl (C=O) groups is 1. The van der Waals surface area contributed by atoms with Gasteiger partial charge in [0.05, 0.1) is 25.4 Å². The third-order valence-electron chi connectivity index (χ3n) is 5.40. The molecule has 30 heavy (non-hydrogen) atoms. The van der Waals surface area contributed by atoms with Crippen LogP contribution in [0.15, 0.2) is 29.3 Å². The molecule has 0 saturated carbocycles. The minimum atomic E-state index is 0.0529. The highest BCUT2D eigenvalue weighted by atomic mass is 16.5. The quantitative estimate of drug-likeness (QED) is 0.457. The van der Waals surface area contributed by atoms with E-state index in [0.29, 0.717) is 26.1 Å². The average molecular weight is 413 g/mol. The number of ether oxygens (including phenoxy) is 1. The summed E-state index contributed by atoms with van der Waals surface area (Å²) < 4.78 is 7.14. The van der Waals surface area contributed by atoms with E-state index in [9.17, 15) is 4.79 Å². The highest BCUT2D eigenvalue weighted by molar-refractivity contribution is 5.94. The summed E-state index contributed by atoms with van der Waals surface area (Å²) in [7, 11) is 1.69. The van der Waals surface area contributed by atoms with Crippen LogP contribution in [-0.2, 0) is 22.6 Å². The van der Waals surface area contributed by atoms with Gasteiger partial charge < -0.3 is 20.7 Å². The van der Waals surface area contributed by atoms with Crippen LogP contribution in [0.3, 0.4) is 0 Å². The summed E-state index contributed by atoms with van der Waals surface area (Å²) in [5.41, 5.74) is 5.29. The molecule has 162 valence electrons. The smallest absolute Gasteiger partial charge is 0.225 e. The highest BCUT2D eigenvalue weighted by Gasteiger charge is 2.24. The number of rotatable bonds is 8. The van der Waals surface area contributed by atoms with E-state index < -0.39 is 0 Å². The van der Waals surface area contributed by atoms with Crippen molar-refractivity contribution in [3.63, 3.8) is 0 Å². The van der Waals surface area contributed by atoms with Gasteiger partial charge in [-0.2, -0.15) is 5.10 Å². The van der Waals surface area contributed by atoms with E-state index in [4.69, 9.17) is 9.73 Å². The van der Waals surface area contributed by atoms with Crippen LogP contribution in [0.1, 0.15) is 41.8 Å². The number of nitrogens with zero attached hydrogens (tertiary/aromatic N) is 3. The fourth-order valence-electron chi connectivity index (χ4n) is 3.76. The zero-order valence-electron chi connectivity index (χ0n) is 18.3. The third-order valence-corrected chi connectivity index (χ3v) is 5.40. The maximum Gasteiger partial charge on any atom is 0.225 e. The van der Waals surface area contributed by atoms with Crippen molar-refractivity contribution in [2.75, 3.05) is 32.1 Å². The van der Waals surface area contributed by atoms with Gasteiger partial charge in [0.2, 0.25) is 5.91 Å². The second-order valence-corrected chi connectivity index (χ2v) is 7.48. The molecule has 0 fully saturated rings. The number of guanidine groups is 1. The van der Waals surface area contributed by atoms with E-state index in [-0.39, 0.29) is 11.8 Å². The lowest BCUT2D eigenvalue weighted by atomic mass is 9.90. The van der Waals surface area contributed by atoms with E-state index >= 15 is 0 Å². The number of hydrogen-bond donors (Lipinski definition) is 3. The number of fused-ring (bicyclic) bond motifs is 1. The molecular formula is C22H32N6O2. The van der Waals surface area contributed by atoms with Crippen LogP contribution in [0.4, 0.5) is 5.69 Å². The highest BCUT2D eigenvalue weighted by Crippen LogP contribution is 2.31. The van der Waals surface area contributed by atoms with Crippen LogP contribution in [0.2, 0.25) is 0 Å². The monoisotopic (exact) mass is 412 g/mol. The molecule has 0 aliphatic carbocycles. The third kappa shape index (κ3) is 5.18. The summed E-state index contributed by atoms with van der Waals surface area (Å²) >= 11 is 0. The fraction of sp³-hybridized carbons (Fsp3) is 0.500. The van der Waals surface area contributed by atoms with Crippen molar-refractivity contribution in [3.8, 4) is 0 Å². The molecule has 1 aliphatic rings. The summed E-state index contributed by atoms with van der Waals surface area (Å²) in [5.74, 6) is 0.903. The molecule has 1 aromatic heterocycles. The fourth-order valence-corrected chi connectivity index (χ4v) is 3.76. The van der Waals surface area contributed by atoms with Crippen LogP contribution < -0.4 is 16.0 Å². The van der Waals surface area contributed by atoms with Gasteiger partial charge in [0.15, 0.2) is 5.96 Å². The Kier molecular flexibility index (Phi) is 7.46. The number of aryl methyl sites for hydroxylation is 1. The second-order valence-electron chi connectivity index (χ2n) is 7.48. The van der Waals surface area contributed by atoms with Crippen LogP contribution in [0, 0.1) is 13.8 Å². The van der Waals surface area contributed by atoms with Gasteiger partial charge in [-0.25, -0.2) is 4.99 Å². The summed E-state index contributed by atoms with van der Waals surface area (Å²) in [6, 6.07) is 7.98. The molecule has 0 spiro atoms. The Balaban J connectivity index is 1.69. The van der Waals surface area contributed by atoms with Crippen LogP contribution in [0.25, 0.3) is 0 Å². The largest absolute Gasteiger partial charge is 0.383 e. The van der Waals surface area contributed by atoms with E-state index in [2.05, 4.69) is 34.0 Å². The summed E-state index contributed by atoms with van der Waals surface area (Å²) in [5, 5.41) is 14.3. The molecule has 2 aromatic rings. The van der Waals surface area contributed by atoms with E-state index in [1.165, 1.54) is 0 Å². The first-order valence-corrected chi connectivity index (χ1v) is 10.5. The van der Waals surface area contributed by atoms with Gasteiger partial charge in [-0.3, -0.25) is 9.48 Å². The van der Waals surface area contributed by atoms with Gasteiger partial charge in [0.25, 0.3) is 0 Å². The average Bonchev–Trinajstić information content (AvgIpc) is 3.00. The van der Waals surface area contributed by atoms with Crippen LogP contribution >= 0.6 is 0 Å². The minimum absolute atomic E-state index is 0.0529. The molecule has 3 rings (SSSR count). The molecule has 1 aliphatic heterocycles. The maximum atomic E-state index is 12.1. The number of aliphatic imine (C=N–C) groups is 1. The molecule has 0 radical (unpaired) electrons. The number of hydrogen-bond acceptors (Lipinski definition) is 4. The number of benzene rings is 1. The molecule has 8 nitrogen and oxygen atoms in total. The Labute approximate surface area is 178 Å². The Morgan fingerprint density at radius 3 is 2.90 bits per heavy atom. The maximum absolute atomic E-state index is 12.1. The molecule has 3 N–H and O–H groups in total. The number of aromatic nitrogens is 2. The molecule has 1 aromatic carbocycles. The van der Waals surface area contributed by atoms with Crippen molar-refractivity contribution in [2.24, 2.45) is 4.99 Å². The second kappa shape index (κ2) is 10.2. The van der Waals surface area contributed by atoms with Crippen molar-refractivity contribution in [1.29, 1.82) is 0 Å². The van der Waals surface area contributed by atoms with Gasteiger partial charge in [-0.05, 0) is 32.4 Å². The van der Waals surface area contributed by atoms with Crippen molar-refractivity contribution in [2.45, 2.75) is 46.2 Å². The topological polar surface area (TPSA) is 92.6 Å². The molecule has 1 amide bonds. The van der Waals surface area contributed by atoms with Gasteiger partial charge in [0, 0.05) is 49.5 Å². The first-order chi connectivity index (χ1) is 14.5. The van der Waals surface area contributed by atoms with Gasteiger partial charge in [0.1, 0.15) is 0 Å². The van der Waals surface area contributed by atoms with E-state index in [0.717, 1.165) is 47.3 Å². The molecule has 1 atom stereocenters. The molecule has 1 unspecified atom stereocenters. The van der Waals surface area contributed by atoms with Crippen molar-refractivity contribution >= 4 is 17.6 Å². The Morgan fingerprint density at radius 1 is 1.33 bits per heavy atom. The van der Waals surface area contributed by atoms with Crippen LogP contribution in [0.5, 0.6) is 0 Å². The van der Waals surface area contributed by atoms with Gasteiger partial charge in [-0.1, -0.05) is 18.2 Å². The Hall–Kier alpha value is -2.87. The molecule has 0 saturated heterocycles. The number of carbonyl (C=O) groups excluding carboxylic acids is 1. The lowest BCUT2D eigenvalue weighted by molar-refractivity contribution is -0.116. The van der Waals surface area contributed by atoms with E-state index in [1.807, 2.05) is 36.7 Å². The summed E-state index contributed by atoms with van der Waals surface area (Å²) in [4.78, 5) is 16.8. The molecule has 2 heterocycles. The minimum Gasteiger partial charge on any atom is -0.383 e. The van der Waals surface area contributed by atoms with Gasteiger partial charge >= 0.3 is 0 Å². The van der Waals surface area contributed by atoms with Crippen molar-refractivity contribution in [1.82, 2.24) is 20.4 Å². The van der Waals surface area contributed by atoms with E-state index in [1.54, 1.807) is 7.11 Å². The number of para-hydroxylation sites is 1. The molecular weight excluding hydrogens is 380 g/mol. The SMILES string of the molecule is CCNC(=NCc1c(C)nn(CCOC)c1C)NCC1CC(=O)Nc2ccccc21. The summed E-state index contributed by atoms with van der Waals surface area (Å²) in [6.45, 7) is 9.43. The zero-order valence-corrected chi connectivity index (χ0v) is 18.3. The lowest BCUT2D eigenvalue weighted by Crippen LogP contribution is -2.40. The first kappa shape index (κ1) is 21.8. The first-order valence-electron chi connectivity index (χ1n) is 10.5. The number of nitrogens with one attached hydrogen (secondary N) is 3. The van der Waals surface area contributed by atoms with Gasteiger partial charge in [-0.15, -0.1) is 0 Å². The number of anilines is 1. The lowest BCUT2D eigenvalue weighted by Gasteiger charge is -2.26. The molecule has 0 bridgehead atoms. The zero-order chi connectivity index (χ0) is 21.5. The standard InChI is InChI=1S/C22H32N6O2/c1-5-23-22(25-14-19-15(2)27-28(16(19)3)10-11-30-4)24-13-17-12-21(29)26-20-9-7-6-8-18(17)20/h6-9,17H,5,10-14H2,1-4H3,(H,26,29)(H2,23,24,25).